The molecule has 2 unspecified atom stereocenters. The number of hydrogen-bond acceptors (Lipinski definition) is 4. The van der Waals surface area contributed by atoms with Crippen LogP contribution in [0.4, 0.5) is 0 Å². The van der Waals surface area contributed by atoms with Crippen LogP contribution in [-0.4, -0.2) is 36.6 Å². The molecule has 4 atom stereocenters. The van der Waals surface area contributed by atoms with Crippen molar-refractivity contribution in [1.82, 2.24) is 0 Å². The fourth-order valence-electron chi connectivity index (χ4n) is 2.37. The molecule has 0 aromatic heterocycles. The monoisotopic (exact) mass is 252 g/mol. The lowest BCUT2D eigenvalue weighted by Gasteiger charge is -2.19. The highest BCUT2D eigenvalue weighted by atomic mass is 32.2. The minimum absolute atomic E-state index is 0.0977. The third-order valence-corrected chi connectivity index (χ3v) is 4.63. The standard InChI is InChI=1S/C13H16O3S/c1-14-13-12-11(10(16-13)8-17-12)15-7-9-5-3-2-4-6-9/h2-6,10-13H,7-8H2,1H3/t10-,11+,12?,13?/m1/s1. The Labute approximate surface area is 105 Å². The second-order valence-corrected chi connectivity index (χ2v) is 5.55. The molecule has 4 heteroatoms. The molecule has 0 aliphatic carbocycles. The van der Waals surface area contributed by atoms with E-state index in [-0.39, 0.29) is 18.5 Å². The van der Waals surface area contributed by atoms with E-state index in [0.717, 1.165) is 5.75 Å². The van der Waals surface area contributed by atoms with E-state index in [1.165, 1.54) is 5.56 Å². The van der Waals surface area contributed by atoms with Crippen molar-refractivity contribution in [1.29, 1.82) is 0 Å². The molecule has 0 spiro atoms. The number of hydrogen-bond donors (Lipinski definition) is 0. The molecule has 1 aromatic carbocycles. The van der Waals surface area contributed by atoms with Crippen LogP contribution in [0.25, 0.3) is 0 Å². The maximum Gasteiger partial charge on any atom is 0.172 e. The van der Waals surface area contributed by atoms with Crippen LogP contribution in [0.15, 0.2) is 30.3 Å². The van der Waals surface area contributed by atoms with Crippen LogP contribution in [0.5, 0.6) is 0 Å². The van der Waals surface area contributed by atoms with Crippen LogP contribution < -0.4 is 0 Å². The van der Waals surface area contributed by atoms with Gasteiger partial charge in [0.1, 0.15) is 6.10 Å². The number of ether oxygens (including phenoxy) is 3. The second-order valence-electron chi connectivity index (χ2n) is 4.34. The van der Waals surface area contributed by atoms with E-state index in [2.05, 4.69) is 12.1 Å². The predicted molar refractivity (Wildman–Crippen MR) is 66.9 cm³/mol. The summed E-state index contributed by atoms with van der Waals surface area (Å²) in [6.07, 6.45) is 0.267. The van der Waals surface area contributed by atoms with Crippen molar-refractivity contribution in [3.8, 4) is 0 Å². The lowest BCUT2D eigenvalue weighted by molar-refractivity contribution is -0.115. The number of benzene rings is 1. The molecule has 0 radical (unpaired) electrons. The van der Waals surface area contributed by atoms with Crippen LogP contribution in [0, 0.1) is 0 Å². The zero-order chi connectivity index (χ0) is 11.7. The Morgan fingerprint density at radius 2 is 2.18 bits per heavy atom. The largest absolute Gasteiger partial charge is 0.369 e. The summed E-state index contributed by atoms with van der Waals surface area (Å²) >= 11 is 1.89. The molecule has 2 bridgehead atoms. The summed E-state index contributed by atoms with van der Waals surface area (Å²) in [6, 6.07) is 10.2. The Balaban J connectivity index is 1.60. The van der Waals surface area contributed by atoms with E-state index in [1.807, 2.05) is 30.0 Å². The average molecular weight is 252 g/mol. The topological polar surface area (TPSA) is 27.7 Å². The van der Waals surface area contributed by atoms with Gasteiger partial charge in [-0.15, -0.1) is 11.8 Å². The van der Waals surface area contributed by atoms with Crippen molar-refractivity contribution in [3.05, 3.63) is 35.9 Å². The molecular formula is C13H16O3S. The maximum absolute atomic E-state index is 5.98. The van der Waals surface area contributed by atoms with Crippen LogP contribution in [0.2, 0.25) is 0 Å². The fraction of sp³-hybridized carbons (Fsp3) is 0.538. The summed E-state index contributed by atoms with van der Waals surface area (Å²) in [6.45, 7) is 0.652. The van der Waals surface area contributed by atoms with Crippen LogP contribution >= 0.6 is 11.8 Å². The number of fused-ring (bicyclic) bond motifs is 2. The van der Waals surface area contributed by atoms with Gasteiger partial charge in [-0.3, -0.25) is 0 Å². The van der Waals surface area contributed by atoms with Gasteiger partial charge < -0.3 is 14.2 Å². The zero-order valence-corrected chi connectivity index (χ0v) is 10.6. The highest BCUT2D eigenvalue weighted by Gasteiger charge is 2.51. The minimum atomic E-state index is -0.0977. The minimum Gasteiger partial charge on any atom is -0.369 e. The zero-order valence-electron chi connectivity index (χ0n) is 9.74. The van der Waals surface area contributed by atoms with Crippen molar-refractivity contribution in [2.24, 2.45) is 0 Å². The lowest BCUT2D eigenvalue weighted by atomic mass is 10.2. The Kier molecular flexibility index (Phi) is 3.38. The van der Waals surface area contributed by atoms with E-state index in [0.29, 0.717) is 11.9 Å². The smallest absolute Gasteiger partial charge is 0.172 e. The Morgan fingerprint density at radius 3 is 2.88 bits per heavy atom. The Bertz CT molecular complexity index is 370. The molecule has 3 nitrogen and oxygen atoms in total. The molecule has 2 fully saturated rings. The first-order chi connectivity index (χ1) is 8.38. The van der Waals surface area contributed by atoms with Gasteiger partial charge in [0.05, 0.1) is 18.0 Å². The van der Waals surface area contributed by atoms with Crippen molar-refractivity contribution in [3.63, 3.8) is 0 Å². The Hall–Kier alpha value is -0.550. The molecule has 1 aromatic rings. The molecule has 2 aliphatic rings. The van der Waals surface area contributed by atoms with Gasteiger partial charge in [-0.25, -0.2) is 0 Å². The molecule has 2 aliphatic heterocycles. The van der Waals surface area contributed by atoms with Gasteiger partial charge in [0.2, 0.25) is 0 Å². The van der Waals surface area contributed by atoms with E-state index in [1.54, 1.807) is 7.11 Å². The summed E-state index contributed by atoms with van der Waals surface area (Å²) in [5.41, 5.74) is 1.21. The van der Waals surface area contributed by atoms with Gasteiger partial charge in [0.25, 0.3) is 0 Å². The lowest BCUT2D eigenvalue weighted by Crippen LogP contribution is -2.28. The summed E-state index contributed by atoms with van der Waals surface area (Å²) < 4.78 is 17.0. The number of thioether (sulfide) groups is 1. The highest BCUT2D eigenvalue weighted by Crippen LogP contribution is 2.42. The third-order valence-electron chi connectivity index (χ3n) is 3.24. The van der Waals surface area contributed by atoms with Crippen molar-refractivity contribution < 1.29 is 14.2 Å². The van der Waals surface area contributed by atoms with Gasteiger partial charge >= 0.3 is 0 Å². The molecule has 3 rings (SSSR count). The van der Waals surface area contributed by atoms with E-state index >= 15 is 0 Å². The first-order valence-electron chi connectivity index (χ1n) is 5.84. The van der Waals surface area contributed by atoms with Crippen LogP contribution in [0.1, 0.15) is 5.56 Å². The van der Waals surface area contributed by atoms with Gasteiger partial charge in [-0.2, -0.15) is 0 Å². The summed E-state index contributed by atoms with van der Waals surface area (Å²) in [7, 11) is 1.69. The number of methoxy groups -OCH3 is 1. The van der Waals surface area contributed by atoms with Gasteiger partial charge in [-0.1, -0.05) is 30.3 Å². The first kappa shape index (κ1) is 11.5. The van der Waals surface area contributed by atoms with Crippen LogP contribution in [-0.2, 0) is 20.8 Å². The molecule has 2 saturated heterocycles. The SMILES string of the molecule is COC1O[C@@H]2CSC1[C@H]2OCc1ccccc1. The molecule has 0 saturated carbocycles. The second kappa shape index (κ2) is 4.98. The summed E-state index contributed by atoms with van der Waals surface area (Å²) in [4.78, 5) is 0. The van der Waals surface area contributed by atoms with Gasteiger partial charge in [0, 0.05) is 12.9 Å². The maximum atomic E-state index is 5.98. The first-order valence-corrected chi connectivity index (χ1v) is 6.89. The molecule has 0 amide bonds. The van der Waals surface area contributed by atoms with Crippen molar-refractivity contribution in [2.75, 3.05) is 12.9 Å². The predicted octanol–water partition coefficient (Wildman–Crippen LogP) is 2.06. The highest BCUT2D eigenvalue weighted by molar-refractivity contribution is 8.00. The normalized spacial score (nSPS) is 35.4. The Morgan fingerprint density at radius 1 is 1.35 bits per heavy atom. The van der Waals surface area contributed by atoms with Crippen LogP contribution in [0.3, 0.4) is 0 Å². The van der Waals surface area contributed by atoms with Crippen molar-refractivity contribution >= 4 is 11.8 Å². The average Bonchev–Trinajstić information content (AvgIpc) is 2.94. The molecule has 2 heterocycles. The number of rotatable bonds is 4. The van der Waals surface area contributed by atoms with E-state index in [9.17, 15) is 0 Å². The van der Waals surface area contributed by atoms with Crippen molar-refractivity contribution in [2.45, 2.75) is 30.4 Å². The quantitative estimate of drug-likeness (QED) is 0.820. The molecule has 92 valence electrons. The molecule has 0 N–H and O–H groups in total. The molecular weight excluding hydrogens is 236 g/mol. The third kappa shape index (κ3) is 2.22. The van der Waals surface area contributed by atoms with Gasteiger partial charge in [0.15, 0.2) is 6.29 Å². The molecule has 17 heavy (non-hydrogen) atoms. The van der Waals surface area contributed by atoms with E-state index < -0.39 is 0 Å². The van der Waals surface area contributed by atoms with Gasteiger partial charge in [-0.05, 0) is 5.56 Å². The summed E-state index contributed by atoms with van der Waals surface area (Å²) in [5.74, 6) is 1.02. The summed E-state index contributed by atoms with van der Waals surface area (Å²) in [5, 5.41) is 0.328. The fourth-order valence-corrected chi connectivity index (χ4v) is 3.82. The van der Waals surface area contributed by atoms with E-state index in [4.69, 9.17) is 14.2 Å².